The molecule has 0 aromatic heterocycles. The number of carbonyl (C=O) groups is 2. The summed E-state index contributed by atoms with van der Waals surface area (Å²) in [5.41, 5.74) is 2.96. The molecule has 2 N–H and O–H groups in total. The summed E-state index contributed by atoms with van der Waals surface area (Å²) in [4.78, 5) is 30.2. The van der Waals surface area contributed by atoms with E-state index in [4.69, 9.17) is 4.55 Å². The number of rotatable bonds is 7. The number of benzene rings is 2. The Morgan fingerprint density at radius 2 is 1.78 bits per heavy atom. The van der Waals surface area contributed by atoms with Crippen molar-refractivity contribution in [1.29, 1.82) is 0 Å². The molecule has 1 spiro atoms. The van der Waals surface area contributed by atoms with E-state index in [-0.39, 0.29) is 39.9 Å². The van der Waals surface area contributed by atoms with Gasteiger partial charge in [0.1, 0.15) is 11.5 Å². The molecule has 1 amide bonds. The number of aromatic hydroxyl groups is 1. The lowest BCUT2D eigenvalue weighted by Gasteiger charge is -2.65. The van der Waals surface area contributed by atoms with E-state index in [1.807, 2.05) is 57.3 Å². The first kappa shape index (κ1) is 34.1. The van der Waals surface area contributed by atoms with Crippen LogP contribution in [0.2, 0.25) is 0 Å². The number of hydrogen-bond donors (Lipinski definition) is 2. The second-order valence-electron chi connectivity index (χ2n) is 17.5. The zero-order valence-electron chi connectivity index (χ0n) is 29.7. The van der Waals surface area contributed by atoms with Crippen LogP contribution in [-0.2, 0) is 38.0 Å². The molecule has 5 fully saturated rings. The first-order valence-corrected chi connectivity index (χ1v) is 20.3. The van der Waals surface area contributed by atoms with Gasteiger partial charge in [-0.05, 0) is 110 Å². The lowest BCUT2D eigenvalue weighted by molar-refractivity contribution is -0.139. The van der Waals surface area contributed by atoms with Crippen molar-refractivity contribution in [2.45, 2.75) is 95.6 Å². The lowest BCUT2D eigenvalue weighted by Crippen LogP contribution is -2.68. The van der Waals surface area contributed by atoms with Crippen LogP contribution in [0.25, 0.3) is 0 Å². The van der Waals surface area contributed by atoms with Gasteiger partial charge in [0, 0.05) is 42.9 Å². The van der Waals surface area contributed by atoms with Gasteiger partial charge in [-0.3, -0.25) is 19.0 Å². The molecule has 8 nitrogen and oxygen atoms in total. The number of phenolic OH excluding ortho intramolecular Hbond substituents is 1. The molecule has 50 heavy (non-hydrogen) atoms. The van der Waals surface area contributed by atoms with E-state index >= 15 is 0 Å². The predicted octanol–water partition coefficient (Wildman–Crippen LogP) is 5.98. The van der Waals surface area contributed by atoms with Crippen molar-refractivity contribution in [3.05, 3.63) is 77.4 Å². The molecular formula is C41H52N2O6S. The maximum atomic E-state index is 13.5. The summed E-state index contributed by atoms with van der Waals surface area (Å²) in [7, 11) is -2.05. The van der Waals surface area contributed by atoms with Crippen LogP contribution < -0.4 is 0 Å². The van der Waals surface area contributed by atoms with Crippen LogP contribution in [-0.4, -0.2) is 77.5 Å². The van der Waals surface area contributed by atoms with Crippen molar-refractivity contribution in [1.82, 2.24) is 9.80 Å². The fourth-order valence-corrected chi connectivity index (χ4v) is 13.2. The van der Waals surface area contributed by atoms with E-state index in [1.165, 1.54) is 30.5 Å². The highest BCUT2D eigenvalue weighted by Crippen LogP contribution is 2.69. The Labute approximate surface area is 297 Å². The van der Waals surface area contributed by atoms with Crippen LogP contribution in [0.5, 0.6) is 5.75 Å². The van der Waals surface area contributed by atoms with Crippen LogP contribution in [0.3, 0.4) is 0 Å². The van der Waals surface area contributed by atoms with Crippen molar-refractivity contribution in [3.8, 4) is 5.75 Å². The Balaban J connectivity index is 0.000000202. The summed E-state index contributed by atoms with van der Waals surface area (Å²) in [6.45, 7) is 6.24. The van der Waals surface area contributed by atoms with Gasteiger partial charge in [-0.15, -0.1) is 0 Å². The van der Waals surface area contributed by atoms with Crippen molar-refractivity contribution < 1.29 is 27.7 Å². The van der Waals surface area contributed by atoms with E-state index in [9.17, 15) is 23.1 Å². The van der Waals surface area contributed by atoms with Gasteiger partial charge in [0.05, 0.1) is 17.6 Å². The number of amides is 1. The highest BCUT2D eigenvalue weighted by molar-refractivity contribution is 7.85. The molecule has 0 radical (unpaired) electrons. The molecular weight excluding hydrogens is 649 g/mol. The molecule has 1 saturated heterocycles. The number of hydrogen-bond acceptors (Lipinski definition) is 6. The second-order valence-corrected chi connectivity index (χ2v) is 18.9. The van der Waals surface area contributed by atoms with Crippen LogP contribution in [0.1, 0.15) is 81.9 Å². The molecule has 4 saturated carbocycles. The average Bonchev–Trinajstić information content (AvgIpc) is 3.77. The third-order valence-electron chi connectivity index (χ3n) is 14.9. The molecule has 6 aliphatic carbocycles. The Kier molecular flexibility index (Phi) is 8.02. The topological polar surface area (TPSA) is 115 Å². The van der Waals surface area contributed by atoms with E-state index in [1.54, 1.807) is 0 Å². The number of nitrogens with zero attached hydrogens (tertiary/aromatic N) is 2. The third-order valence-corrected chi connectivity index (χ3v) is 15.7. The highest BCUT2D eigenvalue weighted by atomic mass is 32.2. The van der Waals surface area contributed by atoms with Gasteiger partial charge >= 0.3 is 0 Å². The van der Waals surface area contributed by atoms with Gasteiger partial charge in [0.15, 0.2) is 0 Å². The number of Topliss-reactive ketones (excluding diaryl/α,β-unsaturated/α-hetero) is 1. The summed E-state index contributed by atoms with van der Waals surface area (Å²) in [5.74, 6) is 1.77. The fraction of sp³-hybridized carbons (Fsp3) is 0.610. The molecule has 1 heterocycles. The minimum absolute atomic E-state index is 0.0152. The molecule has 2 aromatic carbocycles. The number of phenols is 1. The Hall–Kier alpha value is -3.01. The second kappa shape index (κ2) is 11.8. The smallest absolute Gasteiger partial charge is 0.265 e. The van der Waals surface area contributed by atoms with Crippen LogP contribution in [0.15, 0.2) is 60.7 Å². The first-order chi connectivity index (χ1) is 23.7. The maximum Gasteiger partial charge on any atom is 0.265 e. The van der Waals surface area contributed by atoms with Crippen LogP contribution in [0.4, 0.5) is 0 Å². The third kappa shape index (κ3) is 5.23. The van der Waals surface area contributed by atoms with E-state index < -0.39 is 21.3 Å². The summed E-state index contributed by atoms with van der Waals surface area (Å²) in [6, 6.07) is 16.9. The monoisotopic (exact) mass is 700 g/mol. The highest BCUT2D eigenvalue weighted by Gasteiger charge is 2.68. The number of carbonyl (C=O) groups excluding carboxylic acids is 2. The summed E-state index contributed by atoms with van der Waals surface area (Å²) >= 11 is 0. The lowest BCUT2D eigenvalue weighted by atomic mass is 9.45. The van der Waals surface area contributed by atoms with Gasteiger partial charge in [0.2, 0.25) is 5.91 Å². The Morgan fingerprint density at radius 1 is 1.02 bits per heavy atom. The van der Waals surface area contributed by atoms with Crippen LogP contribution in [0, 0.1) is 34.0 Å². The molecule has 4 bridgehead atoms. The fourth-order valence-electron chi connectivity index (χ4n) is 11.9. The van der Waals surface area contributed by atoms with Gasteiger partial charge in [-0.1, -0.05) is 62.4 Å². The number of likely N-dealkylation sites (tertiary alicyclic amines) is 1. The predicted molar refractivity (Wildman–Crippen MR) is 192 cm³/mol. The van der Waals surface area contributed by atoms with Crippen molar-refractivity contribution in [2.24, 2.45) is 34.0 Å². The first-order valence-electron chi connectivity index (χ1n) is 18.7. The zero-order chi connectivity index (χ0) is 35.3. The molecule has 9 heteroatoms. The Bertz CT molecular complexity index is 1840. The van der Waals surface area contributed by atoms with E-state index in [0.29, 0.717) is 37.0 Å². The van der Waals surface area contributed by atoms with Gasteiger partial charge in [0.25, 0.3) is 10.1 Å². The SMILES string of the molecule is CC1(C)C2CCC1(CS(=O)(=O)O)C(=O)C2.CN(C(=O)Cc1ccccc1)[C@@H]1C[C@@]23CCN(CC4CC4)[C@H]4C=C[C@@H]1C[C@]42Cc1ccc(O)cc13. The van der Waals surface area contributed by atoms with E-state index in [0.717, 1.165) is 50.1 Å². The standard InChI is InChI=1S/C31H36N2O2.C10H16O4S/c1-32(29(35)15-21-5-3-2-4-6-21)27-19-30-13-14-33(20-22-7-8-22)28-12-10-24(27)18-31(28,30)17-23-9-11-25(34)16-26(23)30;1-9(2)7-3-4-10(9,8(11)5-7)6-15(12,13)14/h2-6,9-12,16,22,24,27-28,34H,7-8,13-15,17-20H2,1H3;7H,3-6H2,1-2H3,(H,12,13,14)/t24-,27-,28+,30-,31-;/m1./s1. The van der Waals surface area contributed by atoms with Crippen molar-refractivity contribution in [3.63, 3.8) is 0 Å². The molecule has 268 valence electrons. The molecule has 9 rings (SSSR count). The normalized spacial score (nSPS) is 36.0. The van der Waals surface area contributed by atoms with Crippen LogP contribution >= 0.6 is 0 Å². The molecule has 1 aliphatic heterocycles. The van der Waals surface area contributed by atoms with Gasteiger partial charge in [-0.25, -0.2) is 0 Å². The largest absolute Gasteiger partial charge is 0.508 e. The summed E-state index contributed by atoms with van der Waals surface area (Å²) < 4.78 is 31.0. The zero-order valence-corrected chi connectivity index (χ0v) is 30.5. The molecule has 7 aliphatic rings. The Morgan fingerprint density at radius 3 is 2.44 bits per heavy atom. The maximum absolute atomic E-state index is 13.5. The van der Waals surface area contributed by atoms with Gasteiger partial charge in [-0.2, -0.15) is 8.42 Å². The number of likely N-dealkylation sites (N-methyl/N-ethyl adjacent to an activating group) is 1. The van der Waals surface area contributed by atoms with Gasteiger partial charge < -0.3 is 10.0 Å². The molecule has 2 aromatic rings. The summed E-state index contributed by atoms with van der Waals surface area (Å²) in [5, 5.41) is 10.5. The van der Waals surface area contributed by atoms with Crippen molar-refractivity contribution in [2.75, 3.05) is 25.9 Å². The number of piperidine rings is 1. The minimum Gasteiger partial charge on any atom is -0.508 e. The van der Waals surface area contributed by atoms with Crippen molar-refractivity contribution >= 4 is 21.8 Å². The molecule has 7 atom stereocenters. The quantitative estimate of drug-likeness (QED) is 0.270. The number of ketones is 1. The molecule has 2 unspecified atom stereocenters. The number of fused-ring (bicyclic) bond motifs is 4. The summed E-state index contributed by atoms with van der Waals surface area (Å²) in [6.07, 6.45) is 14.6. The average molecular weight is 701 g/mol. The van der Waals surface area contributed by atoms with E-state index in [2.05, 4.69) is 34.1 Å². The minimum atomic E-state index is -4.08.